The van der Waals surface area contributed by atoms with Crippen molar-refractivity contribution in [2.45, 2.75) is 24.7 Å². The monoisotopic (exact) mass is 215 g/mol. The molecule has 0 radical (unpaired) electrons. The third-order valence-electron chi connectivity index (χ3n) is 4.11. The van der Waals surface area contributed by atoms with E-state index < -0.39 is 0 Å². The van der Waals surface area contributed by atoms with Gasteiger partial charge in [-0.1, -0.05) is 24.6 Å². The summed E-state index contributed by atoms with van der Waals surface area (Å²) >= 11 is 0. The SMILES string of the molecule is Cn1c(C2(CO)CCC2)cc2ccccc21. The summed E-state index contributed by atoms with van der Waals surface area (Å²) in [5, 5.41) is 10.9. The van der Waals surface area contributed by atoms with Gasteiger partial charge in [0.1, 0.15) is 0 Å². The van der Waals surface area contributed by atoms with Crippen molar-refractivity contribution in [1.29, 1.82) is 0 Å². The Balaban J connectivity index is 2.20. The average molecular weight is 215 g/mol. The van der Waals surface area contributed by atoms with Crippen molar-refractivity contribution >= 4 is 10.9 Å². The molecule has 2 heteroatoms. The van der Waals surface area contributed by atoms with Crippen LogP contribution < -0.4 is 0 Å². The Morgan fingerprint density at radius 1 is 1.31 bits per heavy atom. The van der Waals surface area contributed by atoms with Crippen molar-refractivity contribution in [3.8, 4) is 0 Å². The van der Waals surface area contributed by atoms with Crippen LogP contribution in [0, 0.1) is 0 Å². The van der Waals surface area contributed by atoms with E-state index in [9.17, 15) is 5.11 Å². The molecule has 0 aliphatic heterocycles. The summed E-state index contributed by atoms with van der Waals surface area (Å²) in [6.07, 6.45) is 3.48. The molecule has 3 rings (SSSR count). The van der Waals surface area contributed by atoms with E-state index in [2.05, 4.69) is 41.9 Å². The molecule has 1 aliphatic rings. The first-order valence-corrected chi connectivity index (χ1v) is 5.93. The molecule has 84 valence electrons. The van der Waals surface area contributed by atoms with E-state index in [1.807, 2.05) is 0 Å². The molecular weight excluding hydrogens is 198 g/mol. The maximum atomic E-state index is 9.63. The van der Waals surface area contributed by atoms with Crippen molar-refractivity contribution in [2.24, 2.45) is 7.05 Å². The lowest BCUT2D eigenvalue weighted by molar-refractivity contribution is 0.114. The number of aryl methyl sites for hydroxylation is 1. The van der Waals surface area contributed by atoms with Gasteiger partial charge in [-0.05, 0) is 30.4 Å². The molecule has 1 fully saturated rings. The van der Waals surface area contributed by atoms with E-state index >= 15 is 0 Å². The predicted molar refractivity (Wildman–Crippen MR) is 65.5 cm³/mol. The molecule has 1 heterocycles. The van der Waals surface area contributed by atoms with E-state index in [-0.39, 0.29) is 12.0 Å². The van der Waals surface area contributed by atoms with Gasteiger partial charge >= 0.3 is 0 Å². The first kappa shape index (κ1) is 9.91. The van der Waals surface area contributed by atoms with Crippen molar-refractivity contribution < 1.29 is 5.11 Å². The molecule has 1 saturated carbocycles. The van der Waals surface area contributed by atoms with Gasteiger partial charge in [-0.3, -0.25) is 0 Å². The molecule has 1 aromatic heterocycles. The molecule has 2 aromatic rings. The summed E-state index contributed by atoms with van der Waals surface area (Å²) < 4.78 is 2.24. The number of aliphatic hydroxyl groups excluding tert-OH is 1. The molecule has 0 bridgehead atoms. The van der Waals surface area contributed by atoms with Crippen LogP contribution in [0.1, 0.15) is 25.0 Å². The number of rotatable bonds is 2. The minimum atomic E-state index is 0.0355. The van der Waals surface area contributed by atoms with E-state index in [0.717, 1.165) is 12.8 Å². The Bertz CT molecular complexity index is 517. The second-order valence-electron chi connectivity index (χ2n) is 4.94. The summed E-state index contributed by atoms with van der Waals surface area (Å²) in [7, 11) is 2.10. The molecule has 0 spiro atoms. The average Bonchev–Trinajstić information content (AvgIpc) is 2.57. The quantitative estimate of drug-likeness (QED) is 0.818. The highest BCUT2D eigenvalue weighted by molar-refractivity contribution is 5.81. The predicted octanol–water partition coefficient (Wildman–Crippen LogP) is 2.59. The lowest BCUT2D eigenvalue weighted by Crippen LogP contribution is -2.39. The second kappa shape index (κ2) is 3.36. The van der Waals surface area contributed by atoms with Crippen LogP contribution in [-0.2, 0) is 12.5 Å². The number of para-hydroxylation sites is 1. The van der Waals surface area contributed by atoms with Crippen LogP contribution in [0.5, 0.6) is 0 Å². The molecule has 2 nitrogen and oxygen atoms in total. The van der Waals surface area contributed by atoms with Crippen LogP contribution in [0.3, 0.4) is 0 Å². The standard InChI is InChI=1S/C14H17NO/c1-15-12-6-3-2-5-11(12)9-13(15)14(10-16)7-4-8-14/h2-3,5-6,9,16H,4,7-8,10H2,1H3. The highest BCUT2D eigenvalue weighted by atomic mass is 16.3. The van der Waals surface area contributed by atoms with Gasteiger partial charge in [-0.15, -0.1) is 0 Å². The van der Waals surface area contributed by atoms with E-state index in [1.165, 1.54) is 23.0 Å². The normalized spacial score (nSPS) is 18.6. The van der Waals surface area contributed by atoms with E-state index in [1.54, 1.807) is 0 Å². The summed E-state index contributed by atoms with van der Waals surface area (Å²) in [5.74, 6) is 0. The zero-order valence-electron chi connectivity index (χ0n) is 9.61. The Morgan fingerprint density at radius 3 is 2.62 bits per heavy atom. The molecule has 0 amide bonds. The Morgan fingerprint density at radius 2 is 2.06 bits per heavy atom. The van der Waals surface area contributed by atoms with Crippen LogP contribution in [0.4, 0.5) is 0 Å². The zero-order chi connectivity index (χ0) is 11.2. The maximum absolute atomic E-state index is 9.63. The van der Waals surface area contributed by atoms with Crippen LogP contribution >= 0.6 is 0 Å². The molecule has 1 aliphatic carbocycles. The van der Waals surface area contributed by atoms with Gasteiger partial charge in [-0.2, -0.15) is 0 Å². The first-order chi connectivity index (χ1) is 7.77. The highest BCUT2D eigenvalue weighted by Gasteiger charge is 2.40. The summed E-state index contributed by atoms with van der Waals surface area (Å²) in [6, 6.07) is 10.7. The Kier molecular flexibility index (Phi) is 2.08. The fraction of sp³-hybridized carbons (Fsp3) is 0.429. The van der Waals surface area contributed by atoms with Crippen molar-refractivity contribution in [2.75, 3.05) is 6.61 Å². The smallest absolute Gasteiger partial charge is 0.0542 e. The van der Waals surface area contributed by atoms with Crippen molar-refractivity contribution in [1.82, 2.24) is 4.57 Å². The minimum absolute atomic E-state index is 0.0355. The number of aromatic nitrogens is 1. The van der Waals surface area contributed by atoms with Crippen molar-refractivity contribution in [3.63, 3.8) is 0 Å². The third kappa shape index (κ3) is 1.17. The fourth-order valence-corrected chi connectivity index (χ4v) is 2.90. The van der Waals surface area contributed by atoms with Gasteiger partial charge in [0.25, 0.3) is 0 Å². The number of fused-ring (bicyclic) bond motifs is 1. The lowest BCUT2D eigenvalue weighted by Gasteiger charge is -2.40. The molecule has 0 saturated heterocycles. The highest BCUT2D eigenvalue weighted by Crippen LogP contribution is 2.44. The fourth-order valence-electron chi connectivity index (χ4n) is 2.90. The molecular formula is C14H17NO. The molecule has 1 aromatic carbocycles. The van der Waals surface area contributed by atoms with Gasteiger partial charge in [0.15, 0.2) is 0 Å². The van der Waals surface area contributed by atoms with Gasteiger partial charge in [-0.25, -0.2) is 0 Å². The minimum Gasteiger partial charge on any atom is -0.395 e. The van der Waals surface area contributed by atoms with Crippen LogP contribution in [0.25, 0.3) is 10.9 Å². The third-order valence-corrected chi connectivity index (χ3v) is 4.11. The first-order valence-electron chi connectivity index (χ1n) is 5.93. The number of hydrogen-bond donors (Lipinski definition) is 1. The Labute approximate surface area is 95.5 Å². The largest absolute Gasteiger partial charge is 0.395 e. The molecule has 1 N–H and O–H groups in total. The van der Waals surface area contributed by atoms with Crippen LogP contribution in [-0.4, -0.2) is 16.3 Å². The number of hydrogen-bond acceptors (Lipinski definition) is 1. The number of nitrogens with zero attached hydrogens (tertiary/aromatic N) is 1. The molecule has 0 unspecified atom stereocenters. The molecule has 16 heavy (non-hydrogen) atoms. The Hall–Kier alpha value is -1.28. The van der Waals surface area contributed by atoms with Gasteiger partial charge in [0, 0.05) is 23.7 Å². The maximum Gasteiger partial charge on any atom is 0.0542 e. The lowest BCUT2D eigenvalue weighted by atomic mass is 9.67. The summed E-state index contributed by atoms with van der Waals surface area (Å²) in [4.78, 5) is 0. The second-order valence-corrected chi connectivity index (χ2v) is 4.94. The van der Waals surface area contributed by atoms with Gasteiger partial charge < -0.3 is 9.67 Å². The summed E-state index contributed by atoms with van der Waals surface area (Å²) in [6.45, 7) is 0.275. The zero-order valence-corrected chi connectivity index (χ0v) is 9.61. The van der Waals surface area contributed by atoms with Crippen LogP contribution in [0.2, 0.25) is 0 Å². The topological polar surface area (TPSA) is 25.2 Å². The van der Waals surface area contributed by atoms with Crippen molar-refractivity contribution in [3.05, 3.63) is 36.0 Å². The van der Waals surface area contributed by atoms with Crippen LogP contribution in [0.15, 0.2) is 30.3 Å². The van der Waals surface area contributed by atoms with E-state index in [4.69, 9.17) is 0 Å². The van der Waals surface area contributed by atoms with Gasteiger partial charge in [0.2, 0.25) is 0 Å². The number of aliphatic hydroxyl groups is 1. The summed E-state index contributed by atoms with van der Waals surface area (Å²) in [5.41, 5.74) is 2.59. The van der Waals surface area contributed by atoms with E-state index in [0.29, 0.717) is 0 Å². The number of benzene rings is 1. The molecule has 0 atom stereocenters. The van der Waals surface area contributed by atoms with Gasteiger partial charge in [0.05, 0.1) is 6.61 Å².